The second-order valence-electron chi connectivity index (χ2n) is 9.98. The van der Waals surface area contributed by atoms with Gasteiger partial charge in [-0.05, 0) is 81.9 Å². The van der Waals surface area contributed by atoms with Crippen LogP contribution in [0.2, 0.25) is 0 Å². The third-order valence-corrected chi connectivity index (χ3v) is 7.27. The van der Waals surface area contributed by atoms with Gasteiger partial charge < -0.3 is 15.0 Å². The van der Waals surface area contributed by atoms with Gasteiger partial charge in [0.25, 0.3) is 5.56 Å². The van der Waals surface area contributed by atoms with Crippen LogP contribution in [0.1, 0.15) is 46.0 Å². The fourth-order valence-electron chi connectivity index (χ4n) is 6.38. The molecule has 148 valence electrons. The molecular weight excluding hydrogens is 352 g/mol. The van der Waals surface area contributed by atoms with Crippen LogP contribution in [0.5, 0.6) is 0 Å². The number of nitrogens with one attached hydrogen (secondary N) is 1. The van der Waals surface area contributed by atoms with E-state index in [0.29, 0.717) is 11.3 Å². The van der Waals surface area contributed by atoms with E-state index in [2.05, 4.69) is 5.32 Å². The number of nitrogens with zero attached hydrogens (tertiary/aromatic N) is 1. The van der Waals surface area contributed by atoms with E-state index in [0.717, 1.165) is 35.8 Å². The first-order valence-corrected chi connectivity index (χ1v) is 10.4. The van der Waals surface area contributed by atoms with Crippen LogP contribution in [0.15, 0.2) is 35.3 Å². The molecule has 4 saturated carbocycles. The lowest BCUT2D eigenvalue weighted by Gasteiger charge is -2.31. The lowest BCUT2D eigenvalue weighted by atomic mass is 9.75. The van der Waals surface area contributed by atoms with E-state index < -0.39 is 5.60 Å². The molecule has 5 heteroatoms. The van der Waals surface area contributed by atoms with E-state index >= 15 is 0 Å². The highest BCUT2D eigenvalue weighted by atomic mass is 16.3. The number of benzene rings is 1. The molecule has 1 amide bonds. The van der Waals surface area contributed by atoms with Gasteiger partial charge in [-0.1, -0.05) is 6.07 Å². The highest BCUT2D eigenvalue weighted by Crippen LogP contribution is 2.65. The molecule has 1 aromatic carbocycles. The average molecular weight is 380 g/mol. The lowest BCUT2D eigenvalue weighted by molar-refractivity contribution is -0.127. The number of carbonyl (C=O) groups is 1. The van der Waals surface area contributed by atoms with Gasteiger partial charge in [-0.25, -0.2) is 0 Å². The maximum Gasteiger partial charge on any atom is 0.258 e. The monoisotopic (exact) mass is 380 g/mol. The summed E-state index contributed by atoms with van der Waals surface area (Å²) in [4.78, 5) is 26.2. The normalized spacial score (nSPS) is 30.9. The number of aliphatic hydroxyl groups is 1. The van der Waals surface area contributed by atoms with Crippen LogP contribution < -0.4 is 10.9 Å². The molecule has 4 bridgehead atoms. The van der Waals surface area contributed by atoms with E-state index in [1.165, 1.54) is 23.8 Å². The van der Waals surface area contributed by atoms with E-state index in [4.69, 9.17) is 0 Å². The van der Waals surface area contributed by atoms with Gasteiger partial charge in [0, 0.05) is 22.7 Å². The fraction of sp³-hybridized carbons (Fsp3) is 0.565. The molecule has 4 aliphatic rings. The molecule has 0 spiro atoms. The SMILES string of the molecule is CC(C)(O)Cn1ccc2c(NC(=O)C34C[C@H]5CC3C[C@@H](C5)C4)cccc2c1=O. The standard InChI is InChI=1S/C23H28N2O3/c1-22(2,28)13-25-7-6-17-18(20(25)26)4-3-5-19(17)24-21(27)23-11-14-8-15(12-23)10-16(23)9-14/h3-7,14-16,28H,8-13H2,1-2H3,(H,24,27)/t14-,15-,16?,23?/m1/s1. The highest BCUT2D eigenvalue weighted by molar-refractivity contribution is 6.04. The van der Waals surface area contributed by atoms with Gasteiger partial charge in [-0.15, -0.1) is 0 Å². The Kier molecular flexibility index (Phi) is 3.80. The fourth-order valence-corrected chi connectivity index (χ4v) is 6.38. The van der Waals surface area contributed by atoms with Gasteiger partial charge in [0.1, 0.15) is 0 Å². The summed E-state index contributed by atoms with van der Waals surface area (Å²) >= 11 is 0. The number of fused-ring (bicyclic) bond motifs is 1. The van der Waals surface area contributed by atoms with Crippen LogP contribution in [0.4, 0.5) is 5.69 Å². The summed E-state index contributed by atoms with van der Waals surface area (Å²) in [5.41, 5.74) is -0.583. The second kappa shape index (κ2) is 5.93. The van der Waals surface area contributed by atoms with Crippen molar-refractivity contribution in [1.29, 1.82) is 0 Å². The molecular formula is C23H28N2O3. The Hall–Kier alpha value is -2.14. The Morgan fingerprint density at radius 1 is 1.18 bits per heavy atom. The molecule has 0 aliphatic heterocycles. The number of anilines is 1. The predicted octanol–water partition coefficient (Wildman–Crippen LogP) is 3.54. The number of aromatic nitrogens is 1. The van der Waals surface area contributed by atoms with E-state index in [-0.39, 0.29) is 23.4 Å². The summed E-state index contributed by atoms with van der Waals surface area (Å²) < 4.78 is 1.53. The summed E-state index contributed by atoms with van der Waals surface area (Å²) in [6, 6.07) is 7.36. The number of hydrogen-bond acceptors (Lipinski definition) is 3. The average Bonchev–Trinajstić information content (AvgIpc) is 3.02. The van der Waals surface area contributed by atoms with Crippen molar-refractivity contribution in [2.24, 2.45) is 23.2 Å². The zero-order valence-corrected chi connectivity index (χ0v) is 16.6. The van der Waals surface area contributed by atoms with Crippen molar-refractivity contribution < 1.29 is 9.90 Å². The summed E-state index contributed by atoms with van der Waals surface area (Å²) in [6.07, 6.45) is 7.49. The Morgan fingerprint density at radius 3 is 2.57 bits per heavy atom. The van der Waals surface area contributed by atoms with Crippen LogP contribution in [0.25, 0.3) is 10.8 Å². The molecule has 1 aromatic heterocycles. The minimum atomic E-state index is -0.969. The number of pyridine rings is 1. The zero-order chi connectivity index (χ0) is 19.7. The molecule has 2 aromatic rings. The van der Waals surface area contributed by atoms with Crippen LogP contribution in [-0.4, -0.2) is 21.2 Å². The number of hydrogen-bond donors (Lipinski definition) is 2. The van der Waals surface area contributed by atoms with Crippen molar-refractivity contribution in [3.63, 3.8) is 0 Å². The first kappa shape index (κ1) is 17.9. The molecule has 2 N–H and O–H groups in total. The maximum absolute atomic E-state index is 13.3. The summed E-state index contributed by atoms with van der Waals surface area (Å²) in [7, 11) is 0. The molecule has 0 radical (unpaired) electrons. The van der Waals surface area contributed by atoms with Crippen LogP contribution in [-0.2, 0) is 11.3 Å². The van der Waals surface area contributed by atoms with Crippen molar-refractivity contribution in [3.8, 4) is 0 Å². The predicted molar refractivity (Wildman–Crippen MR) is 109 cm³/mol. The second-order valence-corrected chi connectivity index (χ2v) is 9.98. The van der Waals surface area contributed by atoms with Gasteiger partial charge >= 0.3 is 0 Å². The maximum atomic E-state index is 13.3. The first-order chi connectivity index (χ1) is 13.2. The molecule has 28 heavy (non-hydrogen) atoms. The van der Waals surface area contributed by atoms with Gasteiger partial charge in [0.05, 0.1) is 17.6 Å². The van der Waals surface area contributed by atoms with Crippen molar-refractivity contribution in [2.75, 3.05) is 5.32 Å². The molecule has 0 saturated heterocycles. The molecule has 0 unspecified atom stereocenters. The molecule has 6 rings (SSSR count). The van der Waals surface area contributed by atoms with Crippen LogP contribution in [0.3, 0.4) is 0 Å². The smallest absolute Gasteiger partial charge is 0.258 e. The zero-order valence-electron chi connectivity index (χ0n) is 16.6. The number of amides is 1. The topological polar surface area (TPSA) is 71.3 Å². The Morgan fingerprint density at radius 2 is 1.89 bits per heavy atom. The van der Waals surface area contributed by atoms with Crippen LogP contribution in [0, 0.1) is 23.2 Å². The largest absolute Gasteiger partial charge is 0.389 e. The van der Waals surface area contributed by atoms with E-state index in [1.54, 1.807) is 26.1 Å². The minimum absolute atomic E-state index is 0.144. The van der Waals surface area contributed by atoms with Gasteiger partial charge in [-0.2, -0.15) is 0 Å². The van der Waals surface area contributed by atoms with Gasteiger partial charge in [-0.3, -0.25) is 9.59 Å². The summed E-state index contributed by atoms with van der Waals surface area (Å²) in [6.45, 7) is 3.60. The highest BCUT2D eigenvalue weighted by Gasteiger charge is 2.61. The minimum Gasteiger partial charge on any atom is -0.389 e. The van der Waals surface area contributed by atoms with Crippen LogP contribution >= 0.6 is 0 Å². The van der Waals surface area contributed by atoms with E-state index in [1.807, 2.05) is 18.2 Å². The van der Waals surface area contributed by atoms with E-state index in [9.17, 15) is 14.7 Å². The molecule has 4 fully saturated rings. The number of carbonyl (C=O) groups excluding carboxylic acids is 1. The summed E-state index contributed by atoms with van der Waals surface area (Å²) in [5, 5.41) is 14.6. The first-order valence-electron chi connectivity index (χ1n) is 10.4. The molecule has 4 aliphatic carbocycles. The third-order valence-electron chi connectivity index (χ3n) is 7.27. The molecule has 5 nitrogen and oxygen atoms in total. The quantitative estimate of drug-likeness (QED) is 0.852. The van der Waals surface area contributed by atoms with Crippen molar-refractivity contribution in [3.05, 3.63) is 40.8 Å². The van der Waals surface area contributed by atoms with Crippen molar-refractivity contribution in [2.45, 2.75) is 58.1 Å². The third kappa shape index (κ3) is 2.71. The Balaban J connectivity index is 1.48. The van der Waals surface area contributed by atoms with Gasteiger partial charge in [0.2, 0.25) is 5.91 Å². The Bertz CT molecular complexity index is 1000. The summed E-state index contributed by atoms with van der Waals surface area (Å²) in [5.74, 6) is 2.14. The number of rotatable bonds is 4. The Labute approximate surface area is 164 Å². The van der Waals surface area contributed by atoms with Gasteiger partial charge in [0.15, 0.2) is 0 Å². The van der Waals surface area contributed by atoms with Crippen molar-refractivity contribution >= 4 is 22.4 Å². The molecule has 2 atom stereocenters. The van der Waals surface area contributed by atoms with Crippen molar-refractivity contribution in [1.82, 2.24) is 4.57 Å². The lowest BCUT2D eigenvalue weighted by Crippen LogP contribution is -2.37. The molecule has 1 heterocycles.